The Balaban J connectivity index is 0.732. The summed E-state index contributed by atoms with van der Waals surface area (Å²) in [6, 6.07) is 136. The number of rotatable bonds is 15. The van der Waals surface area contributed by atoms with Crippen molar-refractivity contribution in [3.63, 3.8) is 0 Å². The first-order valence-corrected chi connectivity index (χ1v) is 34.5. The van der Waals surface area contributed by atoms with Gasteiger partial charge in [-0.05, 0) is 200 Å². The fraction of sp³-hybridized carbons (Fsp3) is 0. The van der Waals surface area contributed by atoms with E-state index in [0.29, 0.717) is 17.5 Å². The predicted octanol–water partition coefficient (Wildman–Crippen LogP) is 24.6. The second-order valence-corrected chi connectivity index (χ2v) is 25.6. The molecule has 9 nitrogen and oxygen atoms in total. The SMILES string of the molecule is c1ccc(N(c2ccc(-c3nc(-c4ccc(N(c5ccccc5)c5ccc6c7ccccc7n(-c7ccccc7)c6c5)cc4)nc(-c4ccc(N(c5ccccc5)c5ccc6c7ccccc7n(-c7ccccc7)c6c5)cc4)n3)cc2)c2ccc3c4ccccc4n(-c4ccccc4)c3c2)cc1. The van der Waals surface area contributed by atoms with E-state index < -0.39 is 0 Å². The molecule has 0 atom stereocenters. The number of benzene rings is 15. The van der Waals surface area contributed by atoms with Gasteiger partial charge in [-0.1, -0.05) is 182 Å². The van der Waals surface area contributed by atoms with Gasteiger partial charge in [-0.15, -0.1) is 0 Å². The Labute approximate surface area is 589 Å². The highest BCUT2D eigenvalue weighted by Gasteiger charge is 2.24. The molecule has 480 valence electrons. The summed E-state index contributed by atoms with van der Waals surface area (Å²) in [5.41, 5.74) is 21.9. The molecule has 9 heteroatoms. The van der Waals surface area contributed by atoms with Crippen molar-refractivity contribution in [1.82, 2.24) is 28.7 Å². The molecule has 0 aliphatic carbocycles. The molecule has 0 amide bonds. The van der Waals surface area contributed by atoms with E-state index in [2.05, 4.69) is 411 Å². The van der Waals surface area contributed by atoms with Crippen molar-refractivity contribution in [2.75, 3.05) is 14.7 Å². The molecule has 0 radical (unpaired) electrons. The van der Waals surface area contributed by atoms with Gasteiger partial charge in [-0.25, -0.2) is 15.0 Å². The third-order valence-electron chi connectivity index (χ3n) is 19.6. The number of anilines is 9. The first kappa shape index (κ1) is 59.4. The summed E-state index contributed by atoms with van der Waals surface area (Å²) in [4.78, 5) is 23.2. The Morgan fingerprint density at radius 2 is 0.373 bits per heavy atom. The van der Waals surface area contributed by atoms with Crippen molar-refractivity contribution in [2.45, 2.75) is 0 Å². The van der Waals surface area contributed by atoms with E-state index in [1.807, 2.05) is 0 Å². The van der Waals surface area contributed by atoms with E-state index in [1.54, 1.807) is 0 Å². The predicted molar refractivity (Wildman–Crippen MR) is 423 cm³/mol. The topological polar surface area (TPSA) is 63.2 Å². The molecule has 0 unspecified atom stereocenters. The van der Waals surface area contributed by atoms with Crippen LogP contribution in [-0.2, 0) is 0 Å². The highest BCUT2D eigenvalue weighted by molar-refractivity contribution is 6.13. The monoisotopic (exact) mass is 1310 g/mol. The second-order valence-electron chi connectivity index (χ2n) is 25.6. The normalized spacial score (nSPS) is 11.5. The number of hydrogen-bond acceptors (Lipinski definition) is 6. The molecule has 19 rings (SSSR count). The van der Waals surface area contributed by atoms with Crippen molar-refractivity contribution in [3.8, 4) is 51.2 Å². The van der Waals surface area contributed by atoms with Crippen LogP contribution < -0.4 is 14.7 Å². The van der Waals surface area contributed by atoms with Crippen LogP contribution >= 0.6 is 0 Å². The van der Waals surface area contributed by atoms with Crippen LogP contribution in [0.25, 0.3) is 117 Å². The molecule has 0 aliphatic rings. The van der Waals surface area contributed by atoms with Gasteiger partial charge in [0.05, 0.1) is 33.1 Å². The van der Waals surface area contributed by atoms with Crippen LogP contribution in [0, 0.1) is 0 Å². The zero-order valence-corrected chi connectivity index (χ0v) is 55.4. The van der Waals surface area contributed by atoms with Crippen LogP contribution in [0.4, 0.5) is 51.2 Å². The van der Waals surface area contributed by atoms with Gasteiger partial charge in [0.2, 0.25) is 0 Å². The van der Waals surface area contributed by atoms with Crippen LogP contribution in [0.5, 0.6) is 0 Å². The maximum absolute atomic E-state index is 5.40. The Bertz CT molecular complexity index is 5650. The fourth-order valence-electron chi connectivity index (χ4n) is 15.0. The lowest BCUT2D eigenvalue weighted by Gasteiger charge is -2.26. The van der Waals surface area contributed by atoms with Crippen molar-refractivity contribution in [2.24, 2.45) is 0 Å². The van der Waals surface area contributed by atoms with Crippen molar-refractivity contribution in [3.05, 3.63) is 382 Å². The van der Waals surface area contributed by atoms with E-state index in [0.717, 1.165) is 118 Å². The van der Waals surface area contributed by atoms with E-state index >= 15 is 0 Å². The molecular weight excluding hydrogens is 1240 g/mol. The number of hydrogen-bond donors (Lipinski definition) is 0. The zero-order valence-electron chi connectivity index (χ0n) is 55.4. The summed E-state index contributed by atoms with van der Waals surface area (Å²) in [7, 11) is 0. The third kappa shape index (κ3) is 10.5. The summed E-state index contributed by atoms with van der Waals surface area (Å²) < 4.78 is 7.11. The van der Waals surface area contributed by atoms with Crippen LogP contribution in [0.1, 0.15) is 0 Å². The highest BCUT2D eigenvalue weighted by Crippen LogP contribution is 2.45. The maximum atomic E-state index is 5.40. The van der Waals surface area contributed by atoms with Crippen LogP contribution in [-0.4, -0.2) is 28.7 Å². The summed E-state index contributed by atoms with van der Waals surface area (Å²) in [6.45, 7) is 0. The Hall–Kier alpha value is -13.9. The van der Waals surface area contributed by atoms with Crippen LogP contribution in [0.3, 0.4) is 0 Å². The lowest BCUT2D eigenvalue weighted by Crippen LogP contribution is -2.10. The minimum Gasteiger partial charge on any atom is -0.310 e. The quantitative estimate of drug-likeness (QED) is 0.102. The van der Waals surface area contributed by atoms with Crippen molar-refractivity contribution < 1.29 is 0 Å². The summed E-state index contributed by atoms with van der Waals surface area (Å²) in [5.74, 6) is 1.66. The molecule has 0 saturated carbocycles. The van der Waals surface area contributed by atoms with E-state index in [9.17, 15) is 0 Å². The molecule has 0 spiro atoms. The summed E-state index contributed by atoms with van der Waals surface area (Å²) in [6.07, 6.45) is 0. The van der Waals surface area contributed by atoms with Gasteiger partial charge >= 0.3 is 0 Å². The standard InChI is InChI=1S/C93H63N9/c1-7-25-67(26-8-1)97(76-55-58-82-79-37-19-22-40-85(79)100(88(82)61-76)70-31-13-4-14-32-70)73-49-43-64(44-50-73)91-94-92(65-45-51-74(52-46-65)98(68-27-9-2-10-28-68)77-56-59-83-80-38-20-23-41-86(80)101(89(83)62-77)71-33-15-5-16-34-71)96-93(95-91)66-47-53-75(54-48-66)99(69-29-11-3-12-30-69)78-57-60-84-81-39-21-24-42-87(81)102(90(84)63-78)72-35-17-6-18-36-72/h1-63H. The van der Waals surface area contributed by atoms with Crippen LogP contribution in [0.2, 0.25) is 0 Å². The molecule has 102 heavy (non-hydrogen) atoms. The smallest absolute Gasteiger partial charge is 0.164 e. The largest absolute Gasteiger partial charge is 0.310 e. The number of fused-ring (bicyclic) bond motifs is 9. The minimum absolute atomic E-state index is 0.552. The van der Waals surface area contributed by atoms with Gasteiger partial charge in [0, 0.05) is 117 Å². The summed E-state index contributed by atoms with van der Waals surface area (Å²) >= 11 is 0. The molecule has 15 aromatic carbocycles. The van der Waals surface area contributed by atoms with E-state index in [1.165, 1.54) is 32.3 Å². The highest BCUT2D eigenvalue weighted by atomic mass is 15.2. The van der Waals surface area contributed by atoms with Gasteiger partial charge < -0.3 is 28.4 Å². The molecule has 19 aromatic rings. The first-order chi connectivity index (χ1) is 50.6. The van der Waals surface area contributed by atoms with Gasteiger partial charge in [0.1, 0.15) is 0 Å². The Kier molecular flexibility index (Phi) is 14.7. The van der Waals surface area contributed by atoms with Gasteiger partial charge in [-0.3, -0.25) is 0 Å². The average molecular weight is 1310 g/mol. The molecule has 0 saturated heterocycles. The van der Waals surface area contributed by atoms with Gasteiger partial charge in [0.15, 0.2) is 17.5 Å². The fourth-order valence-corrected chi connectivity index (χ4v) is 15.0. The first-order valence-electron chi connectivity index (χ1n) is 34.5. The van der Waals surface area contributed by atoms with E-state index in [4.69, 9.17) is 15.0 Å². The zero-order chi connectivity index (χ0) is 67.5. The average Bonchev–Trinajstić information content (AvgIpc) is 1.41. The minimum atomic E-state index is 0.552. The lowest BCUT2D eigenvalue weighted by molar-refractivity contribution is 1.07. The van der Waals surface area contributed by atoms with Crippen molar-refractivity contribution in [1.29, 1.82) is 0 Å². The van der Waals surface area contributed by atoms with Crippen LogP contribution in [0.15, 0.2) is 382 Å². The van der Waals surface area contributed by atoms with Gasteiger partial charge in [0.25, 0.3) is 0 Å². The number of para-hydroxylation sites is 9. The summed E-state index contributed by atoms with van der Waals surface area (Å²) in [5, 5.41) is 7.20. The number of aromatic nitrogens is 6. The Morgan fingerprint density at radius 1 is 0.167 bits per heavy atom. The number of nitrogens with zero attached hydrogens (tertiary/aromatic N) is 9. The molecule has 0 aliphatic heterocycles. The Morgan fingerprint density at radius 3 is 0.637 bits per heavy atom. The molecule has 4 aromatic heterocycles. The molecule has 0 N–H and O–H groups in total. The molecular formula is C93H63N9. The molecule has 0 bridgehead atoms. The molecule has 0 fully saturated rings. The van der Waals surface area contributed by atoms with Gasteiger partial charge in [-0.2, -0.15) is 0 Å². The maximum Gasteiger partial charge on any atom is 0.164 e. The van der Waals surface area contributed by atoms with Crippen molar-refractivity contribution >= 4 is 117 Å². The second kappa shape index (κ2) is 25.2. The third-order valence-corrected chi connectivity index (χ3v) is 19.6. The van der Waals surface area contributed by atoms with E-state index in [-0.39, 0.29) is 0 Å². The lowest BCUT2D eigenvalue weighted by atomic mass is 10.1. The molecule has 4 heterocycles.